The smallest absolute Gasteiger partial charge is 0.251 e. The molecule has 3 fully saturated rings. The Morgan fingerprint density at radius 2 is 1.96 bits per heavy atom. The first-order valence-corrected chi connectivity index (χ1v) is 8.87. The number of fused-ring (bicyclic) bond motifs is 3. The molecule has 1 aromatic heterocycles. The molecule has 0 spiro atoms. The molecule has 1 unspecified atom stereocenters. The summed E-state index contributed by atoms with van der Waals surface area (Å²) in [5, 5.41) is 12.1. The Morgan fingerprint density at radius 3 is 2.62 bits per heavy atom. The molecule has 132 valence electrons. The summed E-state index contributed by atoms with van der Waals surface area (Å²) in [5.74, 6) is 1.66. The van der Waals surface area contributed by atoms with E-state index < -0.39 is 0 Å². The van der Waals surface area contributed by atoms with Crippen LogP contribution in [-0.2, 0) is 0 Å². The molecule has 3 saturated heterocycles. The SMILES string of the molecule is N#Cc1cncc(Oc2ccc(C(=O)NC3CN4CCC3CC4)cc2)c1. The van der Waals surface area contributed by atoms with Crippen LogP contribution < -0.4 is 10.1 Å². The molecule has 2 bridgehead atoms. The van der Waals surface area contributed by atoms with Gasteiger partial charge < -0.3 is 15.0 Å². The second kappa shape index (κ2) is 7.14. The van der Waals surface area contributed by atoms with Crippen molar-refractivity contribution in [2.24, 2.45) is 5.92 Å². The van der Waals surface area contributed by atoms with Gasteiger partial charge in [0.1, 0.15) is 17.6 Å². The van der Waals surface area contributed by atoms with E-state index in [4.69, 9.17) is 10.00 Å². The topological polar surface area (TPSA) is 78.2 Å². The third kappa shape index (κ3) is 3.53. The Kier molecular flexibility index (Phi) is 4.55. The van der Waals surface area contributed by atoms with Crippen molar-refractivity contribution in [1.82, 2.24) is 15.2 Å². The van der Waals surface area contributed by atoms with Gasteiger partial charge in [-0.2, -0.15) is 5.26 Å². The zero-order valence-corrected chi connectivity index (χ0v) is 14.4. The van der Waals surface area contributed by atoms with Crippen LogP contribution in [-0.4, -0.2) is 41.5 Å². The molecule has 1 N–H and O–H groups in total. The first-order valence-electron chi connectivity index (χ1n) is 8.87. The molecule has 2 aromatic rings. The number of rotatable bonds is 4. The summed E-state index contributed by atoms with van der Waals surface area (Å²) in [6.07, 6.45) is 5.38. The van der Waals surface area contributed by atoms with E-state index in [0.29, 0.717) is 28.5 Å². The van der Waals surface area contributed by atoms with Crippen LogP contribution in [0.4, 0.5) is 0 Å². The van der Waals surface area contributed by atoms with Crippen molar-refractivity contribution in [1.29, 1.82) is 5.26 Å². The monoisotopic (exact) mass is 348 g/mol. The third-order valence-electron chi connectivity index (χ3n) is 5.17. The van der Waals surface area contributed by atoms with Gasteiger partial charge in [0.05, 0.1) is 11.8 Å². The van der Waals surface area contributed by atoms with Crippen molar-refractivity contribution in [2.45, 2.75) is 18.9 Å². The first kappa shape index (κ1) is 16.6. The molecule has 3 aliphatic rings. The highest BCUT2D eigenvalue weighted by molar-refractivity contribution is 5.94. The molecule has 0 radical (unpaired) electrons. The van der Waals surface area contributed by atoms with E-state index in [9.17, 15) is 4.79 Å². The Balaban J connectivity index is 1.39. The molecule has 4 heterocycles. The van der Waals surface area contributed by atoms with E-state index in [0.717, 1.165) is 19.6 Å². The van der Waals surface area contributed by atoms with Crippen molar-refractivity contribution in [2.75, 3.05) is 19.6 Å². The molecule has 0 saturated carbocycles. The Bertz CT molecular complexity index is 836. The Morgan fingerprint density at radius 1 is 1.19 bits per heavy atom. The number of benzene rings is 1. The molecule has 26 heavy (non-hydrogen) atoms. The van der Waals surface area contributed by atoms with Crippen LogP contribution in [0.5, 0.6) is 11.5 Å². The van der Waals surface area contributed by atoms with Gasteiger partial charge in [0, 0.05) is 30.4 Å². The summed E-state index contributed by atoms with van der Waals surface area (Å²) < 4.78 is 5.69. The Labute approximate surface area is 152 Å². The zero-order chi connectivity index (χ0) is 17.9. The van der Waals surface area contributed by atoms with Gasteiger partial charge in [-0.25, -0.2) is 0 Å². The normalized spacial score (nSPS) is 23.9. The highest BCUT2D eigenvalue weighted by Crippen LogP contribution is 2.28. The van der Waals surface area contributed by atoms with Crippen LogP contribution in [0.25, 0.3) is 0 Å². The first-order chi connectivity index (χ1) is 12.7. The fourth-order valence-electron chi connectivity index (χ4n) is 3.73. The molecule has 5 rings (SSSR count). The van der Waals surface area contributed by atoms with Gasteiger partial charge in [-0.15, -0.1) is 0 Å². The number of nitrogens with zero attached hydrogens (tertiary/aromatic N) is 3. The van der Waals surface area contributed by atoms with Gasteiger partial charge in [-0.05, 0) is 56.1 Å². The molecule has 1 amide bonds. The zero-order valence-electron chi connectivity index (χ0n) is 14.4. The molecule has 6 nitrogen and oxygen atoms in total. The standard InChI is InChI=1S/C20H20N4O2/c21-10-14-9-18(12-22-11-14)26-17-3-1-16(2-4-17)20(25)23-19-13-24-7-5-15(19)6-8-24/h1-4,9,11-12,15,19H,5-8,13H2,(H,23,25). The molecule has 6 heteroatoms. The predicted octanol–water partition coefficient (Wildman–Crippen LogP) is 2.57. The van der Waals surface area contributed by atoms with Crippen molar-refractivity contribution in [3.05, 3.63) is 53.9 Å². The van der Waals surface area contributed by atoms with Gasteiger partial charge in [-0.3, -0.25) is 9.78 Å². The van der Waals surface area contributed by atoms with E-state index in [2.05, 4.69) is 15.2 Å². The average molecular weight is 348 g/mol. The molecule has 3 aliphatic heterocycles. The van der Waals surface area contributed by atoms with Crippen LogP contribution >= 0.6 is 0 Å². The molecule has 1 aromatic carbocycles. The number of hydrogen-bond donors (Lipinski definition) is 1. The number of amides is 1. The number of nitrogens with one attached hydrogen (secondary N) is 1. The van der Waals surface area contributed by atoms with Crippen LogP contribution in [0.3, 0.4) is 0 Å². The maximum atomic E-state index is 12.5. The van der Waals surface area contributed by atoms with Gasteiger partial charge in [0.15, 0.2) is 0 Å². The van der Waals surface area contributed by atoms with E-state index in [1.54, 1.807) is 36.5 Å². The quantitative estimate of drug-likeness (QED) is 0.919. The second-order valence-corrected chi connectivity index (χ2v) is 6.87. The number of aromatic nitrogens is 1. The lowest BCUT2D eigenvalue weighted by Gasteiger charge is -2.44. The fraction of sp³-hybridized carbons (Fsp3) is 0.350. The lowest BCUT2D eigenvalue weighted by atomic mass is 9.84. The number of carbonyl (C=O) groups excluding carboxylic acids is 1. The molecule has 0 aliphatic carbocycles. The highest BCUT2D eigenvalue weighted by Gasteiger charge is 2.34. The van der Waals surface area contributed by atoms with Crippen molar-refractivity contribution in [3.8, 4) is 17.6 Å². The van der Waals surface area contributed by atoms with E-state index >= 15 is 0 Å². The number of hydrogen-bond acceptors (Lipinski definition) is 5. The summed E-state index contributed by atoms with van der Waals surface area (Å²) in [5.41, 5.74) is 1.06. The number of nitriles is 1. The van der Waals surface area contributed by atoms with Crippen LogP contribution in [0.2, 0.25) is 0 Å². The van der Waals surface area contributed by atoms with Crippen LogP contribution in [0, 0.1) is 17.2 Å². The average Bonchev–Trinajstić information content (AvgIpc) is 2.69. The third-order valence-corrected chi connectivity index (χ3v) is 5.17. The summed E-state index contributed by atoms with van der Waals surface area (Å²) in [6, 6.07) is 10.9. The summed E-state index contributed by atoms with van der Waals surface area (Å²) in [4.78, 5) is 18.9. The summed E-state index contributed by atoms with van der Waals surface area (Å²) >= 11 is 0. The minimum Gasteiger partial charge on any atom is -0.456 e. The number of piperidine rings is 3. The number of ether oxygens (including phenoxy) is 1. The van der Waals surface area contributed by atoms with E-state index in [-0.39, 0.29) is 11.9 Å². The van der Waals surface area contributed by atoms with E-state index in [1.807, 2.05) is 6.07 Å². The summed E-state index contributed by atoms with van der Waals surface area (Å²) in [6.45, 7) is 3.27. The molecular formula is C20H20N4O2. The van der Waals surface area contributed by atoms with Crippen molar-refractivity contribution >= 4 is 5.91 Å². The van der Waals surface area contributed by atoms with Gasteiger partial charge in [-0.1, -0.05) is 0 Å². The van der Waals surface area contributed by atoms with E-state index in [1.165, 1.54) is 19.0 Å². The minimum absolute atomic E-state index is 0.0385. The van der Waals surface area contributed by atoms with Crippen molar-refractivity contribution < 1.29 is 9.53 Å². The molecular weight excluding hydrogens is 328 g/mol. The maximum Gasteiger partial charge on any atom is 0.251 e. The fourth-order valence-corrected chi connectivity index (χ4v) is 3.73. The second-order valence-electron chi connectivity index (χ2n) is 6.87. The predicted molar refractivity (Wildman–Crippen MR) is 95.9 cm³/mol. The van der Waals surface area contributed by atoms with Crippen LogP contribution in [0.1, 0.15) is 28.8 Å². The largest absolute Gasteiger partial charge is 0.456 e. The van der Waals surface area contributed by atoms with Gasteiger partial charge in [0.25, 0.3) is 5.91 Å². The maximum absolute atomic E-state index is 12.5. The minimum atomic E-state index is -0.0385. The molecule has 1 atom stereocenters. The highest BCUT2D eigenvalue weighted by atomic mass is 16.5. The number of pyridine rings is 1. The van der Waals surface area contributed by atoms with Crippen molar-refractivity contribution in [3.63, 3.8) is 0 Å². The lowest BCUT2D eigenvalue weighted by Crippen LogP contribution is -2.57. The lowest BCUT2D eigenvalue weighted by molar-refractivity contribution is 0.0620. The van der Waals surface area contributed by atoms with Gasteiger partial charge in [0.2, 0.25) is 0 Å². The summed E-state index contributed by atoms with van der Waals surface area (Å²) in [7, 11) is 0. The number of carbonyl (C=O) groups is 1. The van der Waals surface area contributed by atoms with Crippen LogP contribution in [0.15, 0.2) is 42.7 Å². The Hall–Kier alpha value is -2.91. The van der Waals surface area contributed by atoms with Gasteiger partial charge >= 0.3 is 0 Å².